The number of alkyl halides is 1. The highest BCUT2D eigenvalue weighted by atomic mass is 31.2. The Labute approximate surface area is 290 Å². The maximum absolute atomic E-state index is 16.1. The average molecular weight is 771 g/mol. The molecule has 2 aliphatic heterocycles. The molecule has 278 valence electrons. The Morgan fingerprint density at radius 1 is 0.904 bits per heavy atom. The van der Waals surface area contributed by atoms with Crippen molar-refractivity contribution in [3.63, 3.8) is 0 Å². The molecule has 0 aliphatic carbocycles. The molecular formula is C26H29FN10O13P2. The van der Waals surface area contributed by atoms with E-state index in [0.717, 1.165) is 23.5 Å². The van der Waals surface area contributed by atoms with E-state index >= 15 is 4.39 Å². The molecule has 9 atom stereocenters. The van der Waals surface area contributed by atoms with E-state index in [-0.39, 0.29) is 41.6 Å². The van der Waals surface area contributed by atoms with Crippen LogP contribution in [-0.4, -0.2) is 106 Å². The van der Waals surface area contributed by atoms with Crippen molar-refractivity contribution in [2.75, 3.05) is 26.4 Å². The largest absolute Gasteiger partial charge is 0.475 e. The lowest BCUT2D eigenvalue weighted by atomic mass is 10.1. The molecule has 2 saturated heterocycles. The molecule has 0 aromatic carbocycles. The van der Waals surface area contributed by atoms with Gasteiger partial charge in [-0.1, -0.05) is 0 Å². The fourth-order valence-electron chi connectivity index (χ4n) is 5.47. The standard InChI is InChI=1S/C26H29FN10O13P2/c27-18-21(15(8-38)48-26(18)37-13-35-20-23(37)31-11-33-25(20)40)50-52(43,45-6-2-4-29)46-9-16-14(49-51(41,42)44-5-1-3-28)7-17(47-16)36-12-34-19-22(36)30-10-32-24(19)39/h10-18,21,26,38H,1-2,5-9H2,(H,41,42)(H,30,32,39)(H,31,33,40)/t14?,15?,16?,17?,18-,21?,26?,52?/m1/s1. The van der Waals surface area contributed by atoms with Crippen LogP contribution in [0.5, 0.6) is 0 Å². The third kappa shape index (κ3) is 7.88. The SMILES string of the molecule is N#CCCOP(=O)(O)OC1CC(n2cnc3c(=O)[nH]cnc32)OC1COP(=O)(OCCC#N)OC1C(CO)OC(n2cnc3c(=O)[nH]cnc32)[C@@H]1F. The molecule has 2 fully saturated rings. The molecule has 2 aliphatic rings. The Kier molecular flexibility index (Phi) is 11.4. The summed E-state index contributed by atoms with van der Waals surface area (Å²) in [6.45, 7) is -2.56. The minimum Gasteiger partial charge on any atom is -0.394 e. The maximum atomic E-state index is 16.1. The topological polar surface area (TPSA) is 314 Å². The van der Waals surface area contributed by atoms with Crippen molar-refractivity contribution in [3.8, 4) is 12.1 Å². The third-order valence-corrected chi connectivity index (χ3v) is 10.3. The number of aromatic nitrogens is 8. The predicted octanol–water partition coefficient (Wildman–Crippen LogP) is 0.624. The Balaban J connectivity index is 1.24. The number of hydrogen-bond donors (Lipinski definition) is 4. The van der Waals surface area contributed by atoms with Crippen LogP contribution in [0, 0.1) is 22.7 Å². The second-order valence-electron chi connectivity index (χ2n) is 11.1. The molecule has 6 heterocycles. The highest BCUT2D eigenvalue weighted by Gasteiger charge is 2.52. The van der Waals surface area contributed by atoms with Gasteiger partial charge in [0.15, 0.2) is 34.7 Å². The van der Waals surface area contributed by atoms with Crippen LogP contribution in [0.1, 0.15) is 31.7 Å². The number of ether oxygens (including phenoxy) is 2. The molecule has 0 radical (unpaired) electrons. The van der Waals surface area contributed by atoms with E-state index in [0.29, 0.717) is 0 Å². The number of hydrogen-bond acceptors (Lipinski definition) is 18. The number of aliphatic hydroxyl groups excluding tert-OH is 1. The first kappa shape index (κ1) is 37.5. The number of rotatable bonds is 16. The summed E-state index contributed by atoms with van der Waals surface area (Å²) < 4.78 is 83.7. The van der Waals surface area contributed by atoms with Crippen molar-refractivity contribution in [1.82, 2.24) is 39.0 Å². The van der Waals surface area contributed by atoms with Crippen LogP contribution in [0.3, 0.4) is 0 Å². The van der Waals surface area contributed by atoms with E-state index in [9.17, 15) is 28.7 Å². The number of imidazole rings is 2. The Morgan fingerprint density at radius 2 is 1.52 bits per heavy atom. The van der Waals surface area contributed by atoms with Crippen molar-refractivity contribution in [1.29, 1.82) is 10.5 Å². The summed E-state index contributed by atoms with van der Waals surface area (Å²) in [7, 11) is -9.74. The van der Waals surface area contributed by atoms with E-state index < -0.39 is 96.2 Å². The van der Waals surface area contributed by atoms with Gasteiger partial charge < -0.3 is 29.4 Å². The summed E-state index contributed by atoms with van der Waals surface area (Å²) in [4.78, 5) is 55.5. The summed E-state index contributed by atoms with van der Waals surface area (Å²) >= 11 is 0. The lowest BCUT2D eigenvalue weighted by Crippen LogP contribution is -2.34. The zero-order valence-electron chi connectivity index (χ0n) is 26.5. The van der Waals surface area contributed by atoms with E-state index in [2.05, 4.69) is 29.9 Å². The zero-order valence-corrected chi connectivity index (χ0v) is 28.3. The van der Waals surface area contributed by atoms with Crippen molar-refractivity contribution in [2.24, 2.45) is 0 Å². The number of H-pyrrole nitrogens is 2. The van der Waals surface area contributed by atoms with Gasteiger partial charge in [0, 0.05) is 6.42 Å². The summed E-state index contributed by atoms with van der Waals surface area (Å²) in [5.74, 6) is 0. The van der Waals surface area contributed by atoms with Crippen LogP contribution >= 0.6 is 15.6 Å². The molecule has 52 heavy (non-hydrogen) atoms. The molecule has 8 unspecified atom stereocenters. The van der Waals surface area contributed by atoms with Gasteiger partial charge in [0.1, 0.15) is 30.6 Å². The van der Waals surface area contributed by atoms with E-state index in [4.69, 9.17) is 42.6 Å². The number of aliphatic hydroxyl groups is 1. The van der Waals surface area contributed by atoms with E-state index in [1.54, 1.807) is 12.1 Å². The minimum absolute atomic E-state index is 0.0395. The smallest absolute Gasteiger partial charge is 0.394 e. The summed E-state index contributed by atoms with van der Waals surface area (Å²) in [5.41, 5.74) is -1.29. The molecule has 6 rings (SSSR count). The van der Waals surface area contributed by atoms with Gasteiger partial charge >= 0.3 is 15.6 Å². The van der Waals surface area contributed by atoms with Crippen molar-refractivity contribution in [3.05, 3.63) is 46.0 Å². The Hall–Kier alpha value is -4.29. The van der Waals surface area contributed by atoms with Gasteiger partial charge in [-0.15, -0.1) is 0 Å². The zero-order chi connectivity index (χ0) is 37.0. The Bertz CT molecular complexity index is 2200. The molecular weight excluding hydrogens is 741 g/mol. The van der Waals surface area contributed by atoms with Crippen LogP contribution in [0.2, 0.25) is 0 Å². The van der Waals surface area contributed by atoms with Gasteiger partial charge in [0.2, 0.25) is 0 Å². The maximum Gasteiger partial charge on any atom is 0.475 e. The minimum atomic E-state index is -4.91. The van der Waals surface area contributed by atoms with Gasteiger partial charge in [-0.2, -0.15) is 10.5 Å². The number of nitrogens with one attached hydrogen (secondary N) is 2. The molecule has 23 nitrogen and oxygen atoms in total. The first-order chi connectivity index (χ1) is 25.0. The van der Waals surface area contributed by atoms with Gasteiger partial charge in [-0.25, -0.2) is 33.5 Å². The van der Waals surface area contributed by atoms with Crippen molar-refractivity contribution < 1.29 is 55.6 Å². The van der Waals surface area contributed by atoms with Crippen LogP contribution in [0.15, 0.2) is 34.9 Å². The van der Waals surface area contributed by atoms with Crippen LogP contribution < -0.4 is 11.1 Å². The number of halogens is 1. The number of phosphoric acid groups is 2. The average Bonchev–Trinajstić information content (AvgIpc) is 3.90. The number of fused-ring (bicyclic) bond motifs is 2. The second-order valence-corrected chi connectivity index (χ2v) is 14.1. The molecule has 0 spiro atoms. The van der Waals surface area contributed by atoms with E-state index in [1.165, 1.54) is 10.9 Å². The summed E-state index contributed by atoms with van der Waals surface area (Å²) in [5, 5.41) is 27.9. The molecule has 4 N–H and O–H groups in total. The highest BCUT2D eigenvalue weighted by molar-refractivity contribution is 7.48. The molecule has 0 bridgehead atoms. The van der Waals surface area contributed by atoms with Crippen LogP contribution in [0.25, 0.3) is 22.3 Å². The molecule has 4 aromatic heterocycles. The van der Waals surface area contributed by atoms with E-state index in [1.807, 2.05) is 0 Å². The monoisotopic (exact) mass is 770 g/mol. The lowest BCUT2D eigenvalue weighted by molar-refractivity contribution is -0.0579. The summed E-state index contributed by atoms with van der Waals surface area (Å²) in [6, 6.07) is 3.54. The molecule has 0 amide bonds. The van der Waals surface area contributed by atoms with Crippen LogP contribution in [-0.2, 0) is 41.2 Å². The second kappa shape index (κ2) is 15.8. The lowest BCUT2D eigenvalue weighted by Gasteiger charge is -2.26. The van der Waals surface area contributed by atoms with Gasteiger partial charge in [-0.05, 0) is 0 Å². The van der Waals surface area contributed by atoms with Crippen LogP contribution in [0.4, 0.5) is 4.39 Å². The normalized spacial score (nSPS) is 27.0. The molecule has 26 heteroatoms. The first-order valence-corrected chi connectivity index (χ1v) is 18.3. The summed E-state index contributed by atoms with van der Waals surface area (Å²) in [6.07, 6.45) is -7.01. The quantitative estimate of drug-likeness (QED) is 0.0896. The fraction of sp³-hybridized carbons (Fsp3) is 0.538. The number of aromatic amines is 2. The van der Waals surface area contributed by atoms with Gasteiger partial charge in [-0.3, -0.25) is 41.3 Å². The number of nitriles is 2. The number of nitrogens with zero attached hydrogens (tertiary/aromatic N) is 8. The fourth-order valence-corrected chi connectivity index (χ4v) is 7.81. The molecule has 0 saturated carbocycles. The first-order valence-electron chi connectivity index (χ1n) is 15.3. The van der Waals surface area contributed by atoms with Gasteiger partial charge in [0.25, 0.3) is 11.1 Å². The van der Waals surface area contributed by atoms with Crippen molar-refractivity contribution in [2.45, 2.75) is 62.3 Å². The number of phosphoric ester groups is 2. The molecule has 4 aromatic rings. The van der Waals surface area contributed by atoms with Crippen molar-refractivity contribution >= 4 is 38.0 Å². The predicted molar refractivity (Wildman–Crippen MR) is 166 cm³/mol. The van der Waals surface area contributed by atoms with Gasteiger partial charge in [0.05, 0.1) is 76.7 Å². The third-order valence-electron chi connectivity index (χ3n) is 7.79. The Morgan fingerprint density at radius 3 is 2.15 bits per heavy atom. The highest BCUT2D eigenvalue weighted by Crippen LogP contribution is 2.55.